The number of nitrogens with one attached hydrogen (secondary N) is 1. The summed E-state index contributed by atoms with van der Waals surface area (Å²) in [6.45, 7) is 2.46. The van der Waals surface area contributed by atoms with Gasteiger partial charge in [0.05, 0.1) is 6.10 Å². The monoisotopic (exact) mass is 260 g/mol. The number of hydrogen-bond acceptors (Lipinski definition) is 2. The number of aromatic amines is 1. The first kappa shape index (κ1) is 12.0. The zero-order valence-corrected chi connectivity index (χ0v) is 11.7. The zero-order chi connectivity index (χ0) is 13.1. The molecule has 19 heavy (non-hydrogen) atoms. The topological polar surface area (TPSA) is 48.9 Å². The van der Waals surface area contributed by atoms with E-state index in [2.05, 4.69) is 16.9 Å². The molecule has 0 aromatic carbocycles. The number of imidazole rings is 1. The fourth-order valence-corrected chi connectivity index (χ4v) is 6.00. The summed E-state index contributed by atoms with van der Waals surface area (Å²) < 4.78 is 0. The molecule has 3 atom stereocenters. The zero-order valence-electron chi connectivity index (χ0n) is 11.7. The molecule has 0 aliphatic heterocycles. The largest absolute Gasteiger partial charge is 0.392 e. The highest BCUT2D eigenvalue weighted by atomic mass is 16.3. The third-order valence-electron chi connectivity index (χ3n) is 6.05. The highest BCUT2D eigenvalue weighted by molar-refractivity contribution is 5.09. The van der Waals surface area contributed by atoms with Crippen LogP contribution in [0.25, 0.3) is 0 Å². The number of H-pyrrole nitrogens is 1. The van der Waals surface area contributed by atoms with Gasteiger partial charge >= 0.3 is 0 Å². The molecular formula is C16H24N2O. The van der Waals surface area contributed by atoms with Gasteiger partial charge in [-0.25, -0.2) is 4.98 Å². The summed E-state index contributed by atoms with van der Waals surface area (Å²) in [6, 6.07) is 0. The maximum absolute atomic E-state index is 10.8. The van der Waals surface area contributed by atoms with Gasteiger partial charge in [-0.15, -0.1) is 0 Å². The summed E-state index contributed by atoms with van der Waals surface area (Å²) in [7, 11) is 0. The van der Waals surface area contributed by atoms with Gasteiger partial charge in [-0.2, -0.15) is 0 Å². The summed E-state index contributed by atoms with van der Waals surface area (Å²) >= 11 is 0. The van der Waals surface area contributed by atoms with Crippen molar-refractivity contribution in [2.75, 3.05) is 0 Å². The Hall–Kier alpha value is -0.830. The number of rotatable bonds is 3. The molecule has 4 saturated carbocycles. The van der Waals surface area contributed by atoms with Crippen molar-refractivity contribution in [3.63, 3.8) is 0 Å². The van der Waals surface area contributed by atoms with Gasteiger partial charge in [0.1, 0.15) is 5.82 Å². The summed E-state index contributed by atoms with van der Waals surface area (Å²) in [5, 5.41) is 10.8. The molecule has 3 unspecified atom stereocenters. The number of nitrogens with zero attached hydrogens (tertiary/aromatic N) is 1. The molecule has 3 heteroatoms. The third-order valence-corrected chi connectivity index (χ3v) is 6.05. The van der Waals surface area contributed by atoms with Crippen LogP contribution in [0.5, 0.6) is 0 Å². The van der Waals surface area contributed by atoms with Gasteiger partial charge in [0.25, 0.3) is 0 Å². The molecule has 2 N–H and O–H groups in total. The normalized spacial score (nSPS) is 45.6. The van der Waals surface area contributed by atoms with E-state index in [4.69, 9.17) is 0 Å². The van der Waals surface area contributed by atoms with Crippen molar-refractivity contribution in [2.45, 2.75) is 58.0 Å². The van der Waals surface area contributed by atoms with Gasteiger partial charge in [0.15, 0.2) is 0 Å². The Morgan fingerprint density at radius 1 is 1.37 bits per heavy atom. The van der Waals surface area contributed by atoms with Crippen molar-refractivity contribution >= 4 is 0 Å². The van der Waals surface area contributed by atoms with Crippen LogP contribution in [0.15, 0.2) is 12.4 Å². The third kappa shape index (κ3) is 1.85. The molecule has 5 rings (SSSR count). The smallest absolute Gasteiger partial charge is 0.108 e. The predicted octanol–water partition coefficient (Wildman–Crippen LogP) is 2.92. The molecule has 0 saturated heterocycles. The van der Waals surface area contributed by atoms with Crippen molar-refractivity contribution in [1.82, 2.24) is 9.97 Å². The summed E-state index contributed by atoms with van der Waals surface area (Å²) in [5.41, 5.74) is 0.694. The van der Waals surface area contributed by atoms with E-state index in [0.717, 1.165) is 17.7 Å². The van der Waals surface area contributed by atoms with Gasteiger partial charge in [-0.1, -0.05) is 6.92 Å². The van der Waals surface area contributed by atoms with Crippen LogP contribution in [0.2, 0.25) is 0 Å². The molecule has 1 aromatic rings. The van der Waals surface area contributed by atoms with Crippen molar-refractivity contribution in [1.29, 1.82) is 0 Å². The highest BCUT2D eigenvalue weighted by Gasteiger charge is 2.58. The molecule has 4 bridgehead atoms. The number of aliphatic hydroxyl groups excluding tert-OH is 1. The Morgan fingerprint density at radius 3 is 2.68 bits per heavy atom. The average Bonchev–Trinajstić information content (AvgIpc) is 2.78. The van der Waals surface area contributed by atoms with E-state index in [1.807, 2.05) is 6.20 Å². The Balaban J connectivity index is 1.59. The molecule has 0 radical (unpaired) electrons. The lowest BCUT2D eigenvalue weighted by Gasteiger charge is -2.62. The van der Waals surface area contributed by atoms with Crippen LogP contribution in [0, 0.1) is 22.7 Å². The summed E-state index contributed by atoms with van der Waals surface area (Å²) in [6.07, 6.45) is 12.1. The Morgan fingerprint density at radius 2 is 2.11 bits per heavy atom. The number of aliphatic hydroxyl groups is 1. The SMILES string of the molecule is CC12CC3CC(C1)CC(C(O)Cc1ncc[nH]1)(C3)C2. The van der Waals surface area contributed by atoms with E-state index < -0.39 is 0 Å². The van der Waals surface area contributed by atoms with Crippen LogP contribution in [-0.2, 0) is 6.42 Å². The molecule has 4 aliphatic carbocycles. The van der Waals surface area contributed by atoms with E-state index in [0.29, 0.717) is 11.8 Å². The van der Waals surface area contributed by atoms with E-state index in [-0.39, 0.29) is 11.5 Å². The minimum Gasteiger partial charge on any atom is -0.392 e. The molecule has 0 spiro atoms. The number of hydrogen-bond donors (Lipinski definition) is 2. The number of aromatic nitrogens is 2. The van der Waals surface area contributed by atoms with Gasteiger partial charge in [-0.05, 0) is 61.2 Å². The van der Waals surface area contributed by atoms with Gasteiger partial charge in [-0.3, -0.25) is 0 Å². The highest BCUT2D eigenvalue weighted by Crippen LogP contribution is 2.66. The lowest BCUT2D eigenvalue weighted by molar-refractivity contribution is -0.153. The van der Waals surface area contributed by atoms with Crippen LogP contribution in [-0.4, -0.2) is 21.2 Å². The second kappa shape index (κ2) is 3.85. The first-order chi connectivity index (χ1) is 9.07. The summed E-state index contributed by atoms with van der Waals surface area (Å²) in [5.74, 6) is 2.68. The van der Waals surface area contributed by atoms with Crippen molar-refractivity contribution < 1.29 is 5.11 Å². The van der Waals surface area contributed by atoms with E-state index in [9.17, 15) is 5.11 Å². The molecule has 0 amide bonds. The lowest BCUT2D eigenvalue weighted by atomic mass is 9.43. The minimum atomic E-state index is -0.219. The Labute approximate surface area is 114 Å². The van der Waals surface area contributed by atoms with Crippen LogP contribution in [0.4, 0.5) is 0 Å². The predicted molar refractivity (Wildman–Crippen MR) is 73.5 cm³/mol. The first-order valence-electron chi connectivity index (χ1n) is 7.73. The minimum absolute atomic E-state index is 0.186. The standard InChI is InChI=1S/C16H24N2O/c1-15-6-11-4-12(7-15)9-16(8-11,10-15)13(19)5-14-17-2-3-18-14/h2-3,11-13,19H,4-10H2,1H3,(H,17,18). The summed E-state index contributed by atoms with van der Waals surface area (Å²) in [4.78, 5) is 7.42. The van der Waals surface area contributed by atoms with Crippen molar-refractivity contribution in [3.05, 3.63) is 18.2 Å². The lowest BCUT2D eigenvalue weighted by Crippen LogP contribution is -2.55. The molecule has 3 nitrogen and oxygen atoms in total. The van der Waals surface area contributed by atoms with Crippen LogP contribution < -0.4 is 0 Å². The quantitative estimate of drug-likeness (QED) is 0.878. The second-order valence-corrected chi connectivity index (χ2v) is 7.89. The molecule has 4 fully saturated rings. The molecule has 1 heterocycles. The van der Waals surface area contributed by atoms with E-state index >= 15 is 0 Å². The van der Waals surface area contributed by atoms with Crippen LogP contribution >= 0.6 is 0 Å². The molecular weight excluding hydrogens is 236 g/mol. The maximum Gasteiger partial charge on any atom is 0.108 e. The van der Waals surface area contributed by atoms with E-state index in [1.54, 1.807) is 6.20 Å². The molecule has 104 valence electrons. The fraction of sp³-hybridized carbons (Fsp3) is 0.812. The fourth-order valence-electron chi connectivity index (χ4n) is 6.00. The van der Waals surface area contributed by atoms with Crippen molar-refractivity contribution in [2.24, 2.45) is 22.7 Å². The van der Waals surface area contributed by atoms with Crippen molar-refractivity contribution in [3.8, 4) is 0 Å². The Bertz CT molecular complexity index is 453. The van der Waals surface area contributed by atoms with Crippen LogP contribution in [0.1, 0.15) is 51.3 Å². The Kier molecular flexibility index (Phi) is 2.42. The van der Waals surface area contributed by atoms with E-state index in [1.165, 1.54) is 38.5 Å². The second-order valence-electron chi connectivity index (χ2n) is 7.89. The first-order valence-corrected chi connectivity index (χ1v) is 7.73. The average molecular weight is 260 g/mol. The maximum atomic E-state index is 10.8. The van der Waals surface area contributed by atoms with Crippen LogP contribution in [0.3, 0.4) is 0 Å². The van der Waals surface area contributed by atoms with Gasteiger partial charge < -0.3 is 10.1 Å². The van der Waals surface area contributed by atoms with Gasteiger partial charge in [0.2, 0.25) is 0 Å². The molecule has 1 aromatic heterocycles. The molecule has 4 aliphatic rings. The van der Waals surface area contributed by atoms with Gasteiger partial charge in [0, 0.05) is 18.8 Å².